The molecule has 0 fully saturated rings. The Morgan fingerprint density at radius 3 is 2.94 bits per heavy atom. The van der Waals surface area contributed by atoms with E-state index in [2.05, 4.69) is 25.6 Å². The van der Waals surface area contributed by atoms with Gasteiger partial charge in [-0.2, -0.15) is 0 Å². The van der Waals surface area contributed by atoms with Crippen LogP contribution in [-0.2, 0) is 9.59 Å². The van der Waals surface area contributed by atoms with E-state index >= 15 is 0 Å². The quantitative estimate of drug-likeness (QED) is 0.699. The Bertz CT molecular complexity index is 1040. The Kier molecular flexibility index (Phi) is 6.48. The van der Waals surface area contributed by atoms with Gasteiger partial charge in [-0.05, 0) is 25.0 Å². The largest absolute Gasteiger partial charge is 0.493 e. The van der Waals surface area contributed by atoms with E-state index < -0.39 is 5.92 Å². The summed E-state index contributed by atoms with van der Waals surface area (Å²) in [6.45, 7) is 1.46. The first-order valence-electron chi connectivity index (χ1n) is 10.6. The average Bonchev–Trinajstić information content (AvgIpc) is 3.11. The molecule has 3 heterocycles. The number of methoxy groups -OCH3 is 1. The van der Waals surface area contributed by atoms with Gasteiger partial charge in [-0.3, -0.25) is 14.6 Å². The van der Waals surface area contributed by atoms with Crippen molar-refractivity contribution in [1.29, 1.82) is 0 Å². The average molecular weight is 438 g/mol. The zero-order valence-electron chi connectivity index (χ0n) is 18.1. The van der Waals surface area contributed by atoms with Crippen molar-refractivity contribution in [3.8, 4) is 11.5 Å². The van der Waals surface area contributed by atoms with Gasteiger partial charge in [-0.25, -0.2) is 9.97 Å². The number of carbonyl (C=O) groups excluding carboxylic acids is 2. The number of rotatable bonds is 1. The minimum Gasteiger partial charge on any atom is -0.493 e. The molecule has 4 rings (SSSR count). The first-order valence-corrected chi connectivity index (χ1v) is 10.6. The van der Waals surface area contributed by atoms with Gasteiger partial charge in [0.25, 0.3) is 0 Å². The van der Waals surface area contributed by atoms with Crippen LogP contribution >= 0.6 is 0 Å². The Labute approximate surface area is 186 Å². The summed E-state index contributed by atoms with van der Waals surface area (Å²) in [6, 6.07) is 5.35. The van der Waals surface area contributed by atoms with Crippen LogP contribution in [0.15, 0.2) is 29.5 Å². The minimum atomic E-state index is -0.636. The van der Waals surface area contributed by atoms with Crippen LogP contribution < -0.4 is 25.0 Å². The lowest BCUT2D eigenvalue weighted by Gasteiger charge is -2.21. The molecule has 2 aromatic rings. The van der Waals surface area contributed by atoms with Gasteiger partial charge in [-0.15, -0.1) is 0 Å². The zero-order chi connectivity index (χ0) is 22.5. The van der Waals surface area contributed by atoms with E-state index in [0.717, 1.165) is 12.8 Å². The molecule has 0 saturated heterocycles. The van der Waals surface area contributed by atoms with Crippen molar-refractivity contribution < 1.29 is 19.1 Å². The molecule has 0 spiro atoms. The SMILES string of the molecule is COc1ccc2cc1OCCCCC(=O)NCCN(C)c1ncnc3c1C(C=N2)C(=O)N3. The summed E-state index contributed by atoms with van der Waals surface area (Å²) in [7, 11) is 3.45. The molecule has 2 aliphatic rings. The highest BCUT2D eigenvalue weighted by Gasteiger charge is 2.34. The monoisotopic (exact) mass is 438 g/mol. The van der Waals surface area contributed by atoms with Crippen molar-refractivity contribution in [2.45, 2.75) is 25.2 Å². The number of hydrogen-bond donors (Lipinski definition) is 2. The van der Waals surface area contributed by atoms with Crippen molar-refractivity contribution in [1.82, 2.24) is 15.3 Å². The molecular weight excluding hydrogens is 412 g/mol. The van der Waals surface area contributed by atoms with Gasteiger partial charge in [0.15, 0.2) is 11.5 Å². The van der Waals surface area contributed by atoms with Crippen LogP contribution in [0.2, 0.25) is 0 Å². The fourth-order valence-electron chi connectivity index (χ4n) is 3.69. The highest BCUT2D eigenvalue weighted by molar-refractivity contribution is 6.13. The highest BCUT2D eigenvalue weighted by Crippen LogP contribution is 2.37. The maximum Gasteiger partial charge on any atom is 0.238 e. The van der Waals surface area contributed by atoms with Crippen LogP contribution in [0.4, 0.5) is 17.3 Å². The van der Waals surface area contributed by atoms with E-state index in [1.807, 2.05) is 11.9 Å². The lowest BCUT2D eigenvalue weighted by molar-refractivity contribution is -0.121. The molecule has 2 bridgehead atoms. The second-order valence-electron chi connectivity index (χ2n) is 7.62. The highest BCUT2D eigenvalue weighted by atomic mass is 16.5. The third kappa shape index (κ3) is 4.63. The lowest BCUT2D eigenvalue weighted by Crippen LogP contribution is -2.33. The molecule has 32 heavy (non-hydrogen) atoms. The molecule has 0 saturated carbocycles. The topological polar surface area (TPSA) is 118 Å². The van der Waals surface area contributed by atoms with Crippen LogP contribution in [-0.4, -0.2) is 61.9 Å². The molecule has 1 aromatic heterocycles. The second-order valence-corrected chi connectivity index (χ2v) is 7.62. The summed E-state index contributed by atoms with van der Waals surface area (Å²) >= 11 is 0. The zero-order valence-corrected chi connectivity index (χ0v) is 18.1. The number of fused-ring (bicyclic) bond motifs is 2. The number of carbonyl (C=O) groups is 2. The van der Waals surface area contributed by atoms with Crippen LogP contribution in [0, 0.1) is 0 Å². The summed E-state index contributed by atoms with van der Waals surface area (Å²) < 4.78 is 11.2. The molecule has 2 N–H and O–H groups in total. The number of ether oxygens (including phenoxy) is 2. The molecule has 1 atom stereocenters. The second kappa shape index (κ2) is 9.63. The van der Waals surface area contributed by atoms with Crippen molar-refractivity contribution >= 4 is 35.4 Å². The summed E-state index contributed by atoms with van der Waals surface area (Å²) in [5, 5.41) is 5.73. The molecule has 2 aliphatic heterocycles. The third-order valence-corrected chi connectivity index (χ3v) is 5.40. The number of benzene rings is 1. The smallest absolute Gasteiger partial charge is 0.238 e. The maximum atomic E-state index is 12.7. The molecule has 1 unspecified atom stereocenters. The Morgan fingerprint density at radius 1 is 1.22 bits per heavy atom. The number of nitrogens with one attached hydrogen (secondary N) is 2. The summed E-state index contributed by atoms with van der Waals surface area (Å²) in [4.78, 5) is 39.8. The molecule has 2 amide bonds. The lowest BCUT2D eigenvalue weighted by atomic mass is 10.0. The van der Waals surface area contributed by atoms with Crippen molar-refractivity contribution in [3.05, 3.63) is 30.1 Å². The van der Waals surface area contributed by atoms with E-state index in [0.29, 0.717) is 60.5 Å². The molecule has 10 heteroatoms. The summed E-state index contributed by atoms with van der Waals surface area (Å²) in [5.74, 6) is 1.40. The molecule has 168 valence electrons. The summed E-state index contributed by atoms with van der Waals surface area (Å²) in [6.07, 6.45) is 4.90. The fraction of sp³-hybridized carbons (Fsp3) is 0.409. The van der Waals surface area contributed by atoms with Gasteiger partial charge in [-0.1, -0.05) is 0 Å². The predicted molar refractivity (Wildman–Crippen MR) is 120 cm³/mol. The summed E-state index contributed by atoms with van der Waals surface area (Å²) in [5.41, 5.74) is 1.30. The number of nitrogens with zero attached hydrogens (tertiary/aromatic N) is 4. The normalized spacial score (nSPS) is 19.2. The Morgan fingerprint density at radius 2 is 2.09 bits per heavy atom. The van der Waals surface area contributed by atoms with E-state index in [-0.39, 0.29) is 11.8 Å². The third-order valence-electron chi connectivity index (χ3n) is 5.40. The fourth-order valence-corrected chi connectivity index (χ4v) is 3.69. The predicted octanol–water partition coefficient (Wildman–Crippen LogP) is 2.04. The van der Waals surface area contributed by atoms with Gasteiger partial charge < -0.3 is 25.0 Å². The number of likely N-dealkylation sites (N-methyl/N-ethyl adjacent to an activating group) is 1. The van der Waals surface area contributed by atoms with Crippen molar-refractivity contribution in [2.24, 2.45) is 4.99 Å². The Hall–Kier alpha value is -3.69. The molecular formula is C22H26N6O4. The minimum absolute atomic E-state index is 0.00568. The van der Waals surface area contributed by atoms with E-state index in [4.69, 9.17) is 9.47 Å². The number of aromatic nitrogens is 2. The standard InChI is InChI=1S/C22H26N6O4/c1-28-9-8-23-18(29)5-3-4-10-32-17-11-14(6-7-16(17)31-2)24-12-15-19-20(27-22(15)30)25-13-26-21(19)28/h6-7,11-13,15H,3-5,8-10H2,1-2H3,(H,23,29)(H,25,26,27,30). The van der Waals surface area contributed by atoms with Gasteiger partial charge >= 0.3 is 0 Å². The van der Waals surface area contributed by atoms with Crippen LogP contribution in [0.3, 0.4) is 0 Å². The molecule has 1 aromatic carbocycles. The van der Waals surface area contributed by atoms with Crippen LogP contribution in [0.1, 0.15) is 30.7 Å². The molecule has 0 aliphatic carbocycles. The van der Waals surface area contributed by atoms with Crippen LogP contribution in [0.25, 0.3) is 0 Å². The van der Waals surface area contributed by atoms with Crippen molar-refractivity contribution in [2.75, 3.05) is 44.1 Å². The maximum absolute atomic E-state index is 12.7. The molecule has 10 nitrogen and oxygen atoms in total. The van der Waals surface area contributed by atoms with Crippen LogP contribution in [0.5, 0.6) is 11.5 Å². The van der Waals surface area contributed by atoms with Gasteiger partial charge in [0.05, 0.1) is 25.0 Å². The van der Waals surface area contributed by atoms with Gasteiger partial charge in [0.1, 0.15) is 23.9 Å². The number of amides is 2. The number of anilines is 2. The first kappa shape index (κ1) is 21.5. The number of hydrogen-bond acceptors (Lipinski definition) is 8. The molecule has 0 radical (unpaired) electrons. The van der Waals surface area contributed by atoms with Crippen molar-refractivity contribution in [3.63, 3.8) is 0 Å². The van der Waals surface area contributed by atoms with E-state index in [1.54, 1.807) is 31.5 Å². The van der Waals surface area contributed by atoms with Gasteiger partial charge in [0, 0.05) is 38.8 Å². The van der Waals surface area contributed by atoms with E-state index in [1.165, 1.54) is 6.33 Å². The first-order chi connectivity index (χ1) is 15.6. The Balaban J connectivity index is 1.69. The van der Waals surface area contributed by atoms with Gasteiger partial charge in [0.2, 0.25) is 11.8 Å². The number of aliphatic imine (C=N–C) groups is 1. The van der Waals surface area contributed by atoms with E-state index in [9.17, 15) is 9.59 Å².